The number of nitrogens with one attached hydrogen (secondary N) is 2. The molecule has 1 aliphatic heterocycles. The predicted molar refractivity (Wildman–Crippen MR) is 95.0 cm³/mol. The molecule has 2 atom stereocenters. The molecule has 0 radical (unpaired) electrons. The van der Waals surface area contributed by atoms with Crippen molar-refractivity contribution in [3.05, 3.63) is 35.6 Å². The first kappa shape index (κ1) is 18.8. The summed E-state index contributed by atoms with van der Waals surface area (Å²) in [5, 5.41) is 5.72. The molecular weight excluding hydrogens is 337 g/mol. The van der Waals surface area contributed by atoms with E-state index in [1.807, 2.05) is 0 Å². The fourth-order valence-corrected chi connectivity index (χ4v) is 3.22. The Balaban J connectivity index is 1.30. The molecule has 3 rings (SSSR count). The summed E-state index contributed by atoms with van der Waals surface area (Å²) in [6.45, 7) is 5.05. The SMILES string of the molecule is O=C(NCCc1ccccc1F)C1CC1C(=O)NCCN1CCOCC1. The molecule has 7 heteroatoms. The van der Waals surface area contributed by atoms with E-state index in [1.54, 1.807) is 18.2 Å². The number of hydrogen-bond donors (Lipinski definition) is 2. The molecule has 0 aromatic heterocycles. The lowest BCUT2D eigenvalue weighted by Crippen LogP contribution is -2.41. The van der Waals surface area contributed by atoms with E-state index in [1.165, 1.54) is 6.07 Å². The summed E-state index contributed by atoms with van der Waals surface area (Å²) >= 11 is 0. The van der Waals surface area contributed by atoms with Gasteiger partial charge in [-0.2, -0.15) is 0 Å². The molecule has 2 amide bonds. The molecule has 1 saturated carbocycles. The maximum atomic E-state index is 13.5. The lowest BCUT2D eigenvalue weighted by molar-refractivity contribution is -0.127. The summed E-state index contributed by atoms with van der Waals surface area (Å²) in [5.41, 5.74) is 0.584. The second-order valence-corrected chi connectivity index (χ2v) is 6.83. The van der Waals surface area contributed by atoms with E-state index in [0.717, 1.165) is 32.8 Å². The van der Waals surface area contributed by atoms with Crippen molar-refractivity contribution in [2.75, 3.05) is 45.9 Å². The Kier molecular flexibility index (Phi) is 6.57. The zero-order valence-electron chi connectivity index (χ0n) is 14.9. The van der Waals surface area contributed by atoms with E-state index in [-0.39, 0.29) is 29.5 Å². The van der Waals surface area contributed by atoms with E-state index in [4.69, 9.17) is 4.74 Å². The number of carbonyl (C=O) groups is 2. The summed E-state index contributed by atoms with van der Waals surface area (Å²) in [6, 6.07) is 6.54. The van der Waals surface area contributed by atoms with Crippen LogP contribution in [0.25, 0.3) is 0 Å². The van der Waals surface area contributed by atoms with Crippen molar-refractivity contribution in [1.82, 2.24) is 15.5 Å². The molecule has 2 unspecified atom stereocenters. The average Bonchev–Trinajstić information content (AvgIpc) is 3.45. The highest BCUT2D eigenvalue weighted by Crippen LogP contribution is 2.38. The molecule has 1 saturated heterocycles. The van der Waals surface area contributed by atoms with Crippen molar-refractivity contribution in [3.63, 3.8) is 0 Å². The topological polar surface area (TPSA) is 70.7 Å². The van der Waals surface area contributed by atoms with E-state index < -0.39 is 0 Å². The van der Waals surface area contributed by atoms with Gasteiger partial charge in [-0.1, -0.05) is 18.2 Å². The Bertz CT molecular complexity index is 634. The van der Waals surface area contributed by atoms with E-state index in [0.29, 0.717) is 31.5 Å². The van der Waals surface area contributed by atoms with Crippen molar-refractivity contribution >= 4 is 11.8 Å². The Morgan fingerprint density at radius 2 is 1.73 bits per heavy atom. The third-order valence-corrected chi connectivity index (χ3v) is 4.95. The highest BCUT2D eigenvalue weighted by atomic mass is 19.1. The predicted octanol–water partition coefficient (Wildman–Crippen LogP) is 0.569. The summed E-state index contributed by atoms with van der Waals surface area (Å²) in [6.07, 6.45) is 1.04. The van der Waals surface area contributed by atoms with Gasteiger partial charge in [0.2, 0.25) is 11.8 Å². The van der Waals surface area contributed by atoms with Crippen LogP contribution in [-0.4, -0.2) is 62.7 Å². The van der Waals surface area contributed by atoms with Crippen LogP contribution in [0.2, 0.25) is 0 Å². The molecular formula is C19H26FN3O3. The molecule has 1 aromatic rings. The first-order valence-corrected chi connectivity index (χ1v) is 9.24. The summed E-state index contributed by atoms with van der Waals surface area (Å²) < 4.78 is 18.8. The number of halogens is 1. The highest BCUT2D eigenvalue weighted by molar-refractivity contribution is 5.92. The highest BCUT2D eigenvalue weighted by Gasteiger charge is 2.47. The molecule has 1 aromatic carbocycles. The molecule has 0 bridgehead atoms. The van der Waals surface area contributed by atoms with Gasteiger partial charge >= 0.3 is 0 Å². The third kappa shape index (κ3) is 5.25. The molecule has 142 valence electrons. The van der Waals surface area contributed by atoms with Crippen LogP contribution < -0.4 is 10.6 Å². The van der Waals surface area contributed by atoms with Crippen LogP contribution in [0.15, 0.2) is 24.3 Å². The zero-order chi connectivity index (χ0) is 18.4. The number of rotatable bonds is 8. The van der Waals surface area contributed by atoms with Crippen LogP contribution >= 0.6 is 0 Å². The molecule has 2 fully saturated rings. The normalized spacial score (nSPS) is 22.7. The van der Waals surface area contributed by atoms with Gasteiger partial charge in [-0.3, -0.25) is 14.5 Å². The van der Waals surface area contributed by atoms with Crippen molar-refractivity contribution in [2.24, 2.45) is 11.8 Å². The Morgan fingerprint density at radius 3 is 2.42 bits per heavy atom. The van der Waals surface area contributed by atoms with Crippen LogP contribution in [0.4, 0.5) is 4.39 Å². The van der Waals surface area contributed by atoms with Crippen LogP contribution in [0, 0.1) is 17.7 Å². The molecule has 6 nitrogen and oxygen atoms in total. The molecule has 1 aliphatic carbocycles. The maximum Gasteiger partial charge on any atom is 0.223 e. The number of hydrogen-bond acceptors (Lipinski definition) is 4. The first-order valence-electron chi connectivity index (χ1n) is 9.24. The van der Waals surface area contributed by atoms with Gasteiger partial charge < -0.3 is 15.4 Å². The van der Waals surface area contributed by atoms with E-state index in [9.17, 15) is 14.0 Å². The summed E-state index contributed by atoms with van der Waals surface area (Å²) in [7, 11) is 0. The van der Waals surface area contributed by atoms with Crippen LogP contribution in [-0.2, 0) is 20.7 Å². The Morgan fingerprint density at radius 1 is 1.08 bits per heavy atom. The second kappa shape index (κ2) is 9.09. The quantitative estimate of drug-likeness (QED) is 0.708. The number of morpholine rings is 1. The van der Waals surface area contributed by atoms with Gasteiger partial charge in [0.15, 0.2) is 0 Å². The van der Waals surface area contributed by atoms with E-state index in [2.05, 4.69) is 15.5 Å². The minimum absolute atomic E-state index is 0.0486. The number of ether oxygens (including phenoxy) is 1. The zero-order valence-corrected chi connectivity index (χ0v) is 14.9. The van der Waals surface area contributed by atoms with Crippen molar-refractivity contribution < 1.29 is 18.7 Å². The minimum atomic E-state index is -0.259. The van der Waals surface area contributed by atoms with Crippen molar-refractivity contribution in [1.29, 1.82) is 0 Å². The first-order chi connectivity index (χ1) is 12.6. The van der Waals surface area contributed by atoms with Gasteiger partial charge in [-0.15, -0.1) is 0 Å². The molecule has 2 N–H and O–H groups in total. The van der Waals surface area contributed by atoms with E-state index >= 15 is 0 Å². The molecule has 1 heterocycles. The Labute approximate surface area is 153 Å². The van der Waals surface area contributed by atoms with Gasteiger partial charge in [-0.05, 0) is 24.5 Å². The fraction of sp³-hybridized carbons (Fsp3) is 0.579. The largest absolute Gasteiger partial charge is 0.379 e. The second-order valence-electron chi connectivity index (χ2n) is 6.83. The van der Waals surface area contributed by atoms with Crippen molar-refractivity contribution in [2.45, 2.75) is 12.8 Å². The monoisotopic (exact) mass is 363 g/mol. The van der Waals surface area contributed by atoms with Crippen LogP contribution in [0.5, 0.6) is 0 Å². The Hall–Kier alpha value is -1.99. The number of nitrogens with zero attached hydrogens (tertiary/aromatic N) is 1. The molecule has 26 heavy (non-hydrogen) atoms. The van der Waals surface area contributed by atoms with Gasteiger partial charge in [-0.25, -0.2) is 4.39 Å². The van der Waals surface area contributed by atoms with Gasteiger partial charge in [0.05, 0.1) is 25.0 Å². The van der Waals surface area contributed by atoms with Crippen LogP contribution in [0.1, 0.15) is 12.0 Å². The number of carbonyl (C=O) groups excluding carboxylic acids is 2. The van der Waals surface area contributed by atoms with Gasteiger partial charge in [0, 0.05) is 32.7 Å². The van der Waals surface area contributed by atoms with Crippen LogP contribution in [0.3, 0.4) is 0 Å². The van der Waals surface area contributed by atoms with Gasteiger partial charge in [0.25, 0.3) is 0 Å². The van der Waals surface area contributed by atoms with Crippen molar-refractivity contribution in [3.8, 4) is 0 Å². The lowest BCUT2D eigenvalue weighted by atomic mass is 10.1. The average molecular weight is 363 g/mol. The number of amides is 2. The number of benzene rings is 1. The minimum Gasteiger partial charge on any atom is -0.379 e. The molecule has 2 aliphatic rings. The standard InChI is InChI=1S/C19H26FN3O3/c20-17-4-2-1-3-14(17)5-6-21-18(24)15-13-16(15)19(25)22-7-8-23-9-11-26-12-10-23/h1-4,15-16H,5-13H2,(H,21,24)(H,22,25). The molecule has 0 spiro atoms. The van der Waals surface area contributed by atoms with Gasteiger partial charge in [0.1, 0.15) is 5.82 Å². The maximum absolute atomic E-state index is 13.5. The summed E-state index contributed by atoms with van der Waals surface area (Å²) in [4.78, 5) is 26.5. The lowest BCUT2D eigenvalue weighted by Gasteiger charge is -2.26. The smallest absolute Gasteiger partial charge is 0.223 e. The summed E-state index contributed by atoms with van der Waals surface area (Å²) in [5.74, 6) is -0.903. The third-order valence-electron chi connectivity index (χ3n) is 4.95. The fourth-order valence-electron chi connectivity index (χ4n) is 3.22.